The molecule has 0 unspecified atom stereocenters. The highest BCUT2D eigenvalue weighted by molar-refractivity contribution is 5.67. The van der Waals surface area contributed by atoms with E-state index in [4.69, 9.17) is 4.74 Å². The lowest BCUT2D eigenvalue weighted by Crippen LogP contribution is -2.28. The lowest BCUT2D eigenvalue weighted by molar-refractivity contribution is 0.115. The van der Waals surface area contributed by atoms with Gasteiger partial charge >= 0.3 is 6.09 Å². The Labute approximate surface area is 89.4 Å². The highest BCUT2D eigenvalue weighted by Crippen LogP contribution is 1.91. The second-order valence-electron chi connectivity index (χ2n) is 3.53. The van der Waals surface area contributed by atoms with Gasteiger partial charge in [0.2, 0.25) is 0 Å². The highest BCUT2D eigenvalue weighted by atomic mass is 16.6. The third kappa shape index (κ3) is 5.05. The van der Waals surface area contributed by atoms with E-state index in [0.29, 0.717) is 6.54 Å². The molecule has 1 heterocycles. The summed E-state index contributed by atoms with van der Waals surface area (Å²) in [7, 11) is 0. The van der Waals surface area contributed by atoms with E-state index in [9.17, 15) is 4.79 Å². The van der Waals surface area contributed by atoms with Gasteiger partial charge in [0.15, 0.2) is 0 Å². The van der Waals surface area contributed by atoms with Crippen LogP contribution in [0.1, 0.15) is 20.3 Å². The van der Waals surface area contributed by atoms with Crippen molar-refractivity contribution in [2.45, 2.75) is 32.9 Å². The van der Waals surface area contributed by atoms with Gasteiger partial charge in [0.25, 0.3) is 0 Å². The zero-order valence-corrected chi connectivity index (χ0v) is 9.14. The summed E-state index contributed by atoms with van der Waals surface area (Å²) in [4.78, 5) is 15.0. The molecule has 0 aliphatic carbocycles. The Morgan fingerprint density at radius 2 is 2.40 bits per heavy atom. The predicted molar refractivity (Wildman–Crippen MR) is 56.5 cm³/mol. The van der Waals surface area contributed by atoms with Crippen LogP contribution in [0, 0.1) is 0 Å². The fourth-order valence-electron chi connectivity index (χ4n) is 1.13. The molecule has 1 rings (SSSR count). The number of nitrogens with zero attached hydrogens (tertiary/aromatic N) is 2. The standard InChI is InChI=1S/C10H17N3O2/c1-9(2)15-10(14)12-4-3-6-13-7-5-11-8-13/h5,7-9H,3-4,6H2,1-2H3,(H,12,14). The molecule has 0 atom stereocenters. The number of hydrogen-bond acceptors (Lipinski definition) is 3. The van der Waals surface area contributed by atoms with Gasteiger partial charge in [0.1, 0.15) is 0 Å². The molecule has 0 spiro atoms. The Morgan fingerprint density at radius 1 is 1.60 bits per heavy atom. The predicted octanol–water partition coefficient (Wildman–Crippen LogP) is 1.41. The third-order valence-corrected chi connectivity index (χ3v) is 1.76. The van der Waals surface area contributed by atoms with Crippen LogP contribution in [-0.4, -0.2) is 28.3 Å². The average Bonchev–Trinajstić information content (AvgIpc) is 2.63. The Hall–Kier alpha value is -1.52. The number of amides is 1. The molecule has 1 aromatic heterocycles. The van der Waals surface area contributed by atoms with Crippen LogP contribution in [0.3, 0.4) is 0 Å². The Morgan fingerprint density at radius 3 is 3.00 bits per heavy atom. The van der Waals surface area contributed by atoms with Crippen molar-refractivity contribution in [1.82, 2.24) is 14.9 Å². The van der Waals surface area contributed by atoms with E-state index in [2.05, 4.69) is 10.3 Å². The van der Waals surface area contributed by atoms with Crippen molar-refractivity contribution in [1.29, 1.82) is 0 Å². The summed E-state index contributed by atoms with van der Waals surface area (Å²) in [6.07, 6.45) is 5.83. The Kier molecular flexibility index (Phi) is 4.66. The number of alkyl carbamates (subject to hydrolysis) is 1. The SMILES string of the molecule is CC(C)OC(=O)NCCCn1ccnc1. The molecule has 0 fully saturated rings. The molecule has 0 radical (unpaired) electrons. The maximum absolute atomic E-state index is 11.1. The minimum atomic E-state index is -0.351. The molecule has 1 aromatic rings. The number of carbonyl (C=O) groups is 1. The lowest BCUT2D eigenvalue weighted by Gasteiger charge is -2.09. The molecular weight excluding hydrogens is 194 g/mol. The smallest absolute Gasteiger partial charge is 0.407 e. The zero-order valence-electron chi connectivity index (χ0n) is 9.14. The van der Waals surface area contributed by atoms with E-state index in [-0.39, 0.29) is 12.2 Å². The maximum atomic E-state index is 11.1. The van der Waals surface area contributed by atoms with E-state index in [1.807, 2.05) is 24.6 Å². The van der Waals surface area contributed by atoms with Gasteiger partial charge in [-0.05, 0) is 20.3 Å². The largest absolute Gasteiger partial charge is 0.447 e. The summed E-state index contributed by atoms with van der Waals surface area (Å²) >= 11 is 0. The zero-order chi connectivity index (χ0) is 11.1. The minimum Gasteiger partial charge on any atom is -0.447 e. The fraction of sp³-hybridized carbons (Fsp3) is 0.600. The van der Waals surface area contributed by atoms with E-state index >= 15 is 0 Å². The normalized spacial score (nSPS) is 10.3. The molecule has 0 aliphatic heterocycles. The number of ether oxygens (including phenoxy) is 1. The van der Waals surface area contributed by atoms with Crippen LogP contribution >= 0.6 is 0 Å². The molecule has 1 N–H and O–H groups in total. The van der Waals surface area contributed by atoms with Crippen molar-refractivity contribution in [3.05, 3.63) is 18.7 Å². The first kappa shape index (κ1) is 11.6. The number of hydrogen-bond donors (Lipinski definition) is 1. The van der Waals surface area contributed by atoms with Gasteiger partial charge in [-0.25, -0.2) is 9.78 Å². The van der Waals surface area contributed by atoms with Gasteiger partial charge in [-0.15, -0.1) is 0 Å². The third-order valence-electron chi connectivity index (χ3n) is 1.76. The molecule has 0 saturated heterocycles. The summed E-state index contributed by atoms with van der Waals surface area (Å²) in [5.74, 6) is 0. The molecule has 0 aliphatic rings. The van der Waals surface area contributed by atoms with Crippen LogP contribution < -0.4 is 5.32 Å². The molecule has 15 heavy (non-hydrogen) atoms. The number of carbonyl (C=O) groups excluding carboxylic acids is 1. The van der Waals surface area contributed by atoms with E-state index in [1.165, 1.54) is 0 Å². The van der Waals surface area contributed by atoms with Crippen LogP contribution in [0.2, 0.25) is 0 Å². The molecule has 0 bridgehead atoms. The molecule has 5 nitrogen and oxygen atoms in total. The van der Waals surface area contributed by atoms with Gasteiger partial charge in [-0.3, -0.25) is 0 Å². The molecule has 0 aromatic carbocycles. The van der Waals surface area contributed by atoms with E-state index in [1.54, 1.807) is 12.5 Å². The second kappa shape index (κ2) is 6.06. The summed E-state index contributed by atoms with van der Waals surface area (Å²) in [5.41, 5.74) is 0. The van der Waals surface area contributed by atoms with Crippen LogP contribution in [0.4, 0.5) is 4.79 Å². The molecule has 1 amide bonds. The van der Waals surface area contributed by atoms with Crippen molar-refractivity contribution >= 4 is 6.09 Å². The van der Waals surface area contributed by atoms with Crippen molar-refractivity contribution in [2.24, 2.45) is 0 Å². The molecular formula is C10H17N3O2. The first-order chi connectivity index (χ1) is 7.18. The van der Waals surface area contributed by atoms with Gasteiger partial charge in [0.05, 0.1) is 12.4 Å². The second-order valence-corrected chi connectivity index (χ2v) is 3.53. The Bertz CT molecular complexity index is 283. The van der Waals surface area contributed by atoms with Crippen LogP contribution in [-0.2, 0) is 11.3 Å². The first-order valence-corrected chi connectivity index (χ1v) is 5.08. The lowest BCUT2D eigenvalue weighted by atomic mass is 10.4. The quantitative estimate of drug-likeness (QED) is 0.749. The highest BCUT2D eigenvalue weighted by Gasteiger charge is 2.02. The van der Waals surface area contributed by atoms with Crippen molar-refractivity contribution in [3.8, 4) is 0 Å². The van der Waals surface area contributed by atoms with E-state index < -0.39 is 0 Å². The Balaban J connectivity index is 2.04. The van der Waals surface area contributed by atoms with Gasteiger partial charge in [-0.1, -0.05) is 0 Å². The molecule has 84 valence electrons. The summed E-state index contributed by atoms with van der Waals surface area (Å²) in [6, 6.07) is 0. The van der Waals surface area contributed by atoms with Crippen LogP contribution in [0.25, 0.3) is 0 Å². The summed E-state index contributed by atoms with van der Waals surface area (Å²) in [6.45, 7) is 5.11. The first-order valence-electron chi connectivity index (χ1n) is 5.08. The van der Waals surface area contributed by atoms with E-state index in [0.717, 1.165) is 13.0 Å². The monoisotopic (exact) mass is 211 g/mol. The molecule has 0 saturated carbocycles. The fourth-order valence-corrected chi connectivity index (χ4v) is 1.13. The minimum absolute atomic E-state index is 0.0707. The summed E-state index contributed by atoms with van der Waals surface area (Å²) < 4.78 is 6.89. The number of nitrogens with one attached hydrogen (secondary N) is 1. The topological polar surface area (TPSA) is 56.1 Å². The average molecular weight is 211 g/mol. The molecule has 5 heteroatoms. The van der Waals surface area contributed by atoms with Gasteiger partial charge < -0.3 is 14.6 Å². The van der Waals surface area contributed by atoms with Crippen molar-refractivity contribution in [3.63, 3.8) is 0 Å². The number of aromatic nitrogens is 2. The number of aryl methyl sites for hydroxylation is 1. The van der Waals surface area contributed by atoms with Gasteiger partial charge in [0, 0.05) is 25.5 Å². The van der Waals surface area contributed by atoms with Crippen LogP contribution in [0.5, 0.6) is 0 Å². The summed E-state index contributed by atoms with van der Waals surface area (Å²) in [5, 5.41) is 2.68. The number of rotatable bonds is 5. The van der Waals surface area contributed by atoms with Gasteiger partial charge in [-0.2, -0.15) is 0 Å². The van der Waals surface area contributed by atoms with Crippen molar-refractivity contribution < 1.29 is 9.53 Å². The maximum Gasteiger partial charge on any atom is 0.407 e. The number of imidazole rings is 1. The van der Waals surface area contributed by atoms with Crippen LogP contribution in [0.15, 0.2) is 18.7 Å². The van der Waals surface area contributed by atoms with Crippen molar-refractivity contribution in [2.75, 3.05) is 6.54 Å².